The van der Waals surface area contributed by atoms with Crippen LogP contribution in [-0.4, -0.2) is 40.3 Å². The lowest BCUT2D eigenvalue weighted by atomic mass is 9.93. The molecule has 20 heavy (non-hydrogen) atoms. The van der Waals surface area contributed by atoms with Crippen molar-refractivity contribution in [3.63, 3.8) is 0 Å². The van der Waals surface area contributed by atoms with Crippen LogP contribution in [0, 0.1) is 25.6 Å². The van der Waals surface area contributed by atoms with E-state index < -0.39 is 18.0 Å². The molecule has 1 aromatic carbocycles. The highest BCUT2D eigenvalue weighted by Crippen LogP contribution is 2.21. The minimum Gasteiger partial charge on any atom is -0.481 e. The third-order valence-corrected chi connectivity index (χ3v) is 3.89. The minimum absolute atomic E-state index is 0.182. The standard InChI is InChI=1S/C15H20FNO3/c1-9-5-11(6-10(2)14(9)16)7-17-4-3-12(15(19)20)13(18)8-17/h5-6,12-13,18H,3-4,7-8H2,1-2H3,(H,19,20)/t12-,13+/m0/s1. The average molecular weight is 281 g/mol. The number of hydrogen-bond donors (Lipinski definition) is 2. The highest BCUT2D eigenvalue weighted by Gasteiger charge is 2.32. The van der Waals surface area contributed by atoms with Gasteiger partial charge in [-0.25, -0.2) is 4.39 Å². The van der Waals surface area contributed by atoms with E-state index >= 15 is 0 Å². The second-order valence-electron chi connectivity index (χ2n) is 5.58. The summed E-state index contributed by atoms with van der Waals surface area (Å²) in [6.07, 6.45) is -0.403. The van der Waals surface area contributed by atoms with Crippen LogP contribution in [0.2, 0.25) is 0 Å². The van der Waals surface area contributed by atoms with E-state index in [1.165, 1.54) is 0 Å². The SMILES string of the molecule is Cc1cc(CN2CC[C@H](C(=O)O)[C@H](O)C2)cc(C)c1F. The summed E-state index contributed by atoms with van der Waals surface area (Å²) in [5, 5.41) is 18.8. The fourth-order valence-corrected chi connectivity index (χ4v) is 2.81. The molecular weight excluding hydrogens is 261 g/mol. The van der Waals surface area contributed by atoms with Gasteiger partial charge in [0.15, 0.2) is 0 Å². The number of aryl methyl sites for hydroxylation is 2. The number of likely N-dealkylation sites (tertiary alicyclic amines) is 1. The molecule has 2 N–H and O–H groups in total. The summed E-state index contributed by atoms with van der Waals surface area (Å²) in [7, 11) is 0. The maximum Gasteiger partial charge on any atom is 0.309 e. The van der Waals surface area contributed by atoms with Crippen LogP contribution in [-0.2, 0) is 11.3 Å². The van der Waals surface area contributed by atoms with E-state index in [0.717, 1.165) is 5.56 Å². The molecule has 5 heteroatoms. The largest absolute Gasteiger partial charge is 0.481 e. The van der Waals surface area contributed by atoms with Gasteiger partial charge >= 0.3 is 5.97 Å². The van der Waals surface area contributed by atoms with Crippen molar-refractivity contribution in [1.82, 2.24) is 4.90 Å². The third kappa shape index (κ3) is 3.16. The molecule has 2 atom stereocenters. The molecule has 1 saturated heterocycles. The molecule has 1 aliphatic heterocycles. The molecule has 0 bridgehead atoms. The van der Waals surface area contributed by atoms with Crippen LogP contribution in [0.3, 0.4) is 0 Å². The Morgan fingerprint density at radius 1 is 1.40 bits per heavy atom. The monoisotopic (exact) mass is 281 g/mol. The first-order valence-corrected chi connectivity index (χ1v) is 6.77. The number of carboxylic acid groups (broad SMARTS) is 1. The van der Waals surface area contributed by atoms with Gasteiger partial charge < -0.3 is 10.2 Å². The number of aliphatic hydroxyl groups excluding tert-OH is 1. The van der Waals surface area contributed by atoms with Crippen molar-refractivity contribution >= 4 is 5.97 Å². The van der Waals surface area contributed by atoms with E-state index in [1.54, 1.807) is 26.0 Å². The molecule has 0 spiro atoms. The Kier molecular flexibility index (Phi) is 4.40. The molecule has 0 aromatic heterocycles. The third-order valence-electron chi connectivity index (χ3n) is 3.89. The lowest BCUT2D eigenvalue weighted by molar-refractivity contribution is -0.148. The topological polar surface area (TPSA) is 60.8 Å². The molecule has 1 aromatic rings. The Morgan fingerprint density at radius 2 is 2.00 bits per heavy atom. The number of aliphatic carboxylic acids is 1. The minimum atomic E-state index is -0.939. The predicted octanol–water partition coefficient (Wildman–Crippen LogP) is 1.71. The van der Waals surface area contributed by atoms with Crippen molar-refractivity contribution in [2.75, 3.05) is 13.1 Å². The van der Waals surface area contributed by atoms with Gasteiger partial charge in [-0.3, -0.25) is 9.69 Å². The molecule has 0 unspecified atom stereocenters. The number of β-amino-alcohol motifs (C(OH)–C–C–N with tert-alkyl or cyclic N) is 1. The number of carboxylic acids is 1. The van der Waals surface area contributed by atoms with Crippen molar-refractivity contribution in [3.05, 3.63) is 34.6 Å². The zero-order valence-corrected chi connectivity index (χ0v) is 11.8. The maximum atomic E-state index is 13.6. The predicted molar refractivity (Wildman–Crippen MR) is 72.9 cm³/mol. The van der Waals surface area contributed by atoms with E-state index in [2.05, 4.69) is 0 Å². The highest BCUT2D eigenvalue weighted by atomic mass is 19.1. The van der Waals surface area contributed by atoms with Gasteiger partial charge in [0, 0.05) is 13.1 Å². The molecular formula is C15H20FNO3. The molecule has 4 nitrogen and oxygen atoms in total. The summed E-state index contributed by atoms with van der Waals surface area (Å²) in [5.74, 6) is -1.80. The number of nitrogens with zero attached hydrogens (tertiary/aromatic N) is 1. The van der Waals surface area contributed by atoms with Gasteiger partial charge in [0.25, 0.3) is 0 Å². The van der Waals surface area contributed by atoms with Gasteiger partial charge in [-0.05, 0) is 43.5 Å². The van der Waals surface area contributed by atoms with Crippen molar-refractivity contribution in [2.24, 2.45) is 5.92 Å². The Labute approximate surface area is 117 Å². The summed E-state index contributed by atoms with van der Waals surface area (Å²) >= 11 is 0. The van der Waals surface area contributed by atoms with Gasteiger partial charge in [-0.15, -0.1) is 0 Å². The first-order chi connectivity index (χ1) is 9.38. The molecule has 110 valence electrons. The van der Waals surface area contributed by atoms with Crippen molar-refractivity contribution in [3.8, 4) is 0 Å². The molecule has 1 heterocycles. The van der Waals surface area contributed by atoms with Crippen molar-refractivity contribution in [1.29, 1.82) is 0 Å². The summed E-state index contributed by atoms with van der Waals surface area (Å²) in [4.78, 5) is 12.9. The lowest BCUT2D eigenvalue weighted by Crippen LogP contribution is -2.46. The number of piperidine rings is 1. The molecule has 0 radical (unpaired) electrons. The summed E-state index contributed by atoms with van der Waals surface area (Å²) in [5.41, 5.74) is 2.21. The van der Waals surface area contributed by atoms with Crippen molar-refractivity contribution < 1.29 is 19.4 Å². The van der Waals surface area contributed by atoms with Gasteiger partial charge in [-0.1, -0.05) is 12.1 Å². The normalized spacial score (nSPS) is 23.8. The summed E-state index contributed by atoms with van der Waals surface area (Å²) < 4.78 is 13.6. The van der Waals surface area contributed by atoms with E-state index in [4.69, 9.17) is 5.11 Å². The van der Waals surface area contributed by atoms with Gasteiger partial charge in [-0.2, -0.15) is 0 Å². The zero-order chi connectivity index (χ0) is 14.9. The smallest absolute Gasteiger partial charge is 0.309 e. The van der Waals surface area contributed by atoms with Gasteiger partial charge in [0.2, 0.25) is 0 Å². The van der Waals surface area contributed by atoms with E-state index in [1.807, 2.05) is 4.90 Å². The summed E-state index contributed by atoms with van der Waals surface area (Å²) in [6.45, 7) is 5.04. The molecule has 1 fully saturated rings. The highest BCUT2D eigenvalue weighted by molar-refractivity contribution is 5.70. The van der Waals surface area contributed by atoms with E-state index in [-0.39, 0.29) is 5.82 Å². The number of halogens is 1. The van der Waals surface area contributed by atoms with E-state index in [0.29, 0.717) is 37.2 Å². The first kappa shape index (κ1) is 14.9. The van der Waals surface area contributed by atoms with Crippen LogP contribution >= 0.6 is 0 Å². The van der Waals surface area contributed by atoms with Crippen molar-refractivity contribution in [2.45, 2.75) is 32.9 Å². The Balaban J connectivity index is 2.03. The number of carbonyl (C=O) groups is 1. The molecule has 2 rings (SSSR count). The van der Waals surface area contributed by atoms with Gasteiger partial charge in [0.1, 0.15) is 5.82 Å². The number of rotatable bonds is 3. The molecule has 0 aliphatic carbocycles. The van der Waals surface area contributed by atoms with Gasteiger partial charge in [0.05, 0.1) is 12.0 Å². The fourth-order valence-electron chi connectivity index (χ4n) is 2.81. The average Bonchev–Trinajstić information content (AvgIpc) is 2.35. The van der Waals surface area contributed by atoms with Crippen LogP contribution in [0.25, 0.3) is 0 Å². The maximum absolute atomic E-state index is 13.6. The molecule has 0 saturated carbocycles. The quantitative estimate of drug-likeness (QED) is 0.885. The number of aliphatic hydroxyl groups is 1. The number of hydrogen-bond acceptors (Lipinski definition) is 3. The lowest BCUT2D eigenvalue weighted by Gasteiger charge is -2.34. The Hall–Kier alpha value is -1.46. The van der Waals surface area contributed by atoms with Crippen LogP contribution in [0.15, 0.2) is 12.1 Å². The zero-order valence-electron chi connectivity index (χ0n) is 11.8. The second-order valence-corrected chi connectivity index (χ2v) is 5.58. The summed E-state index contributed by atoms with van der Waals surface area (Å²) in [6, 6.07) is 3.61. The number of benzene rings is 1. The first-order valence-electron chi connectivity index (χ1n) is 6.77. The second kappa shape index (κ2) is 5.89. The van der Waals surface area contributed by atoms with Crippen LogP contribution in [0.1, 0.15) is 23.1 Å². The van der Waals surface area contributed by atoms with E-state index in [9.17, 15) is 14.3 Å². The Morgan fingerprint density at radius 3 is 2.50 bits per heavy atom. The fraction of sp³-hybridized carbons (Fsp3) is 0.533. The Bertz CT molecular complexity index is 495. The van der Waals surface area contributed by atoms with Crippen LogP contribution in [0.4, 0.5) is 4.39 Å². The molecule has 1 aliphatic rings. The van der Waals surface area contributed by atoms with Crippen LogP contribution < -0.4 is 0 Å². The van der Waals surface area contributed by atoms with Crippen LogP contribution in [0.5, 0.6) is 0 Å². The molecule has 0 amide bonds.